The van der Waals surface area contributed by atoms with Crippen molar-refractivity contribution in [3.8, 4) is 5.75 Å². The van der Waals surface area contributed by atoms with E-state index in [1.54, 1.807) is 19.1 Å². The molecule has 1 unspecified atom stereocenters. The molecule has 0 aromatic heterocycles. The molecule has 0 saturated heterocycles. The largest absolute Gasteiger partial charge is 0.481 e. The minimum absolute atomic E-state index is 0.100. The van der Waals surface area contributed by atoms with E-state index in [0.29, 0.717) is 17.3 Å². The highest BCUT2D eigenvalue weighted by molar-refractivity contribution is 6.30. The van der Waals surface area contributed by atoms with E-state index in [1.165, 1.54) is 0 Å². The van der Waals surface area contributed by atoms with E-state index in [1.807, 2.05) is 13.0 Å². The minimum atomic E-state index is -0.526. The van der Waals surface area contributed by atoms with E-state index >= 15 is 0 Å². The quantitative estimate of drug-likeness (QED) is 0.802. The lowest BCUT2D eigenvalue weighted by molar-refractivity contribution is -0.127. The molecule has 0 fully saturated rings. The van der Waals surface area contributed by atoms with E-state index in [0.717, 1.165) is 25.2 Å². The van der Waals surface area contributed by atoms with Crippen LogP contribution in [-0.4, -0.2) is 43.1 Å². The molecule has 4 nitrogen and oxygen atoms in total. The summed E-state index contributed by atoms with van der Waals surface area (Å²) in [5, 5.41) is 3.56. The fourth-order valence-corrected chi connectivity index (χ4v) is 2.24. The van der Waals surface area contributed by atoms with Crippen LogP contribution in [0, 0.1) is 6.92 Å². The molecule has 0 aliphatic carbocycles. The molecule has 0 aliphatic heterocycles. The highest BCUT2D eigenvalue weighted by Gasteiger charge is 2.15. The van der Waals surface area contributed by atoms with Crippen LogP contribution in [0.15, 0.2) is 18.2 Å². The van der Waals surface area contributed by atoms with Crippen LogP contribution in [0.5, 0.6) is 5.75 Å². The number of benzene rings is 1. The Morgan fingerprint density at radius 3 is 2.62 bits per heavy atom. The molecule has 118 valence electrons. The fraction of sp³-hybridized carbons (Fsp3) is 0.562. The Balaban J connectivity index is 2.44. The van der Waals surface area contributed by atoms with Gasteiger partial charge in [0.05, 0.1) is 0 Å². The Morgan fingerprint density at radius 1 is 1.38 bits per heavy atom. The van der Waals surface area contributed by atoms with Crippen molar-refractivity contribution in [3.63, 3.8) is 0 Å². The van der Waals surface area contributed by atoms with E-state index in [4.69, 9.17) is 16.3 Å². The number of carbonyl (C=O) groups excluding carboxylic acids is 1. The van der Waals surface area contributed by atoms with Crippen molar-refractivity contribution >= 4 is 17.5 Å². The van der Waals surface area contributed by atoms with Gasteiger partial charge in [0.15, 0.2) is 6.10 Å². The lowest BCUT2D eigenvalue weighted by Gasteiger charge is -2.20. The summed E-state index contributed by atoms with van der Waals surface area (Å²) in [5.41, 5.74) is 0.922. The standard InChI is InChI=1S/C16H25ClN2O2/c1-5-19(6-2)10-9-18-16(20)13(4)21-15-8-7-14(17)11-12(15)3/h7-8,11,13H,5-6,9-10H2,1-4H3,(H,18,20). The second kappa shape index (κ2) is 8.90. The summed E-state index contributed by atoms with van der Waals surface area (Å²) in [6.07, 6.45) is -0.526. The van der Waals surface area contributed by atoms with Gasteiger partial charge < -0.3 is 15.0 Å². The number of rotatable bonds is 8. The van der Waals surface area contributed by atoms with Crippen molar-refractivity contribution in [1.82, 2.24) is 10.2 Å². The number of hydrogen-bond acceptors (Lipinski definition) is 3. The molecular formula is C16H25ClN2O2. The number of likely N-dealkylation sites (N-methyl/N-ethyl adjacent to an activating group) is 1. The molecule has 1 N–H and O–H groups in total. The first-order valence-corrected chi connectivity index (χ1v) is 7.78. The molecule has 21 heavy (non-hydrogen) atoms. The highest BCUT2D eigenvalue weighted by Crippen LogP contribution is 2.22. The van der Waals surface area contributed by atoms with Crippen LogP contribution in [-0.2, 0) is 4.79 Å². The van der Waals surface area contributed by atoms with Crippen LogP contribution in [0.1, 0.15) is 26.3 Å². The van der Waals surface area contributed by atoms with Crippen molar-refractivity contribution in [3.05, 3.63) is 28.8 Å². The lowest BCUT2D eigenvalue weighted by Crippen LogP contribution is -2.40. The van der Waals surface area contributed by atoms with Crippen LogP contribution in [0.3, 0.4) is 0 Å². The van der Waals surface area contributed by atoms with Gasteiger partial charge in [0.25, 0.3) is 5.91 Å². The van der Waals surface area contributed by atoms with Gasteiger partial charge in [0.2, 0.25) is 0 Å². The summed E-state index contributed by atoms with van der Waals surface area (Å²) in [6.45, 7) is 11.3. The summed E-state index contributed by atoms with van der Waals surface area (Å²) in [4.78, 5) is 14.3. The maximum Gasteiger partial charge on any atom is 0.260 e. The summed E-state index contributed by atoms with van der Waals surface area (Å²) >= 11 is 5.90. The van der Waals surface area contributed by atoms with E-state index in [9.17, 15) is 4.79 Å². The number of nitrogens with zero attached hydrogens (tertiary/aromatic N) is 1. The number of halogens is 1. The van der Waals surface area contributed by atoms with Gasteiger partial charge in [-0.15, -0.1) is 0 Å². The Labute approximate surface area is 132 Å². The maximum absolute atomic E-state index is 12.0. The maximum atomic E-state index is 12.0. The second-order valence-corrected chi connectivity index (χ2v) is 5.42. The molecule has 0 radical (unpaired) electrons. The van der Waals surface area contributed by atoms with Gasteiger partial charge in [0.1, 0.15) is 5.75 Å². The summed E-state index contributed by atoms with van der Waals surface area (Å²) < 4.78 is 5.69. The lowest BCUT2D eigenvalue weighted by atomic mass is 10.2. The third-order valence-corrected chi connectivity index (χ3v) is 3.67. The van der Waals surface area contributed by atoms with E-state index in [-0.39, 0.29) is 5.91 Å². The summed E-state index contributed by atoms with van der Waals surface area (Å²) in [5.74, 6) is 0.585. The Bertz CT molecular complexity index is 462. The fourth-order valence-electron chi connectivity index (χ4n) is 2.01. The van der Waals surface area contributed by atoms with Gasteiger partial charge in [-0.3, -0.25) is 4.79 Å². The van der Waals surface area contributed by atoms with Crippen molar-refractivity contribution < 1.29 is 9.53 Å². The van der Waals surface area contributed by atoms with Crippen molar-refractivity contribution in [2.24, 2.45) is 0 Å². The molecule has 1 aromatic rings. The van der Waals surface area contributed by atoms with Crippen molar-refractivity contribution in [2.45, 2.75) is 33.8 Å². The van der Waals surface area contributed by atoms with Crippen LogP contribution >= 0.6 is 11.6 Å². The van der Waals surface area contributed by atoms with Crippen molar-refractivity contribution in [2.75, 3.05) is 26.2 Å². The van der Waals surface area contributed by atoms with Gasteiger partial charge >= 0.3 is 0 Å². The molecule has 1 aromatic carbocycles. The predicted octanol–water partition coefficient (Wildman–Crippen LogP) is 2.87. The average molecular weight is 313 g/mol. The molecule has 0 heterocycles. The third kappa shape index (κ3) is 5.94. The van der Waals surface area contributed by atoms with E-state index < -0.39 is 6.10 Å². The first kappa shape index (κ1) is 17.8. The van der Waals surface area contributed by atoms with Gasteiger partial charge in [-0.25, -0.2) is 0 Å². The number of amides is 1. The molecule has 1 rings (SSSR count). The summed E-state index contributed by atoms with van der Waals surface area (Å²) in [7, 11) is 0. The number of ether oxygens (including phenoxy) is 1. The molecule has 0 saturated carbocycles. The number of nitrogens with one attached hydrogen (secondary N) is 1. The molecule has 0 aliphatic rings. The van der Waals surface area contributed by atoms with Crippen LogP contribution < -0.4 is 10.1 Å². The second-order valence-electron chi connectivity index (χ2n) is 4.99. The zero-order valence-electron chi connectivity index (χ0n) is 13.3. The van der Waals surface area contributed by atoms with Gasteiger partial charge in [0, 0.05) is 18.1 Å². The molecule has 0 spiro atoms. The molecule has 1 amide bonds. The molecular weight excluding hydrogens is 288 g/mol. The first-order chi connectivity index (χ1) is 9.97. The zero-order chi connectivity index (χ0) is 15.8. The average Bonchev–Trinajstić information content (AvgIpc) is 2.46. The van der Waals surface area contributed by atoms with Crippen LogP contribution in [0.4, 0.5) is 0 Å². The number of aryl methyl sites for hydroxylation is 1. The van der Waals surface area contributed by atoms with Gasteiger partial charge in [-0.2, -0.15) is 0 Å². The normalized spacial score (nSPS) is 12.3. The Morgan fingerprint density at radius 2 is 2.05 bits per heavy atom. The predicted molar refractivity (Wildman–Crippen MR) is 87.1 cm³/mol. The van der Waals surface area contributed by atoms with Crippen molar-refractivity contribution in [1.29, 1.82) is 0 Å². The Kier molecular flexibility index (Phi) is 7.54. The zero-order valence-corrected chi connectivity index (χ0v) is 14.0. The molecule has 0 bridgehead atoms. The monoisotopic (exact) mass is 312 g/mol. The van der Waals surface area contributed by atoms with Crippen LogP contribution in [0.25, 0.3) is 0 Å². The molecule has 1 atom stereocenters. The van der Waals surface area contributed by atoms with Crippen LogP contribution in [0.2, 0.25) is 5.02 Å². The minimum Gasteiger partial charge on any atom is -0.481 e. The highest BCUT2D eigenvalue weighted by atomic mass is 35.5. The van der Waals surface area contributed by atoms with E-state index in [2.05, 4.69) is 24.1 Å². The number of carbonyl (C=O) groups is 1. The topological polar surface area (TPSA) is 41.6 Å². The SMILES string of the molecule is CCN(CC)CCNC(=O)C(C)Oc1ccc(Cl)cc1C. The summed E-state index contributed by atoms with van der Waals surface area (Å²) in [6, 6.07) is 5.37. The first-order valence-electron chi connectivity index (χ1n) is 7.40. The Hall–Kier alpha value is -1.26. The number of hydrogen-bond donors (Lipinski definition) is 1. The van der Waals surface area contributed by atoms with Gasteiger partial charge in [-0.1, -0.05) is 25.4 Å². The molecule has 5 heteroatoms. The van der Waals surface area contributed by atoms with Gasteiger partial charge in [-0.05, 0) is 50.7 Å². The smallest absolute Gasteiger partial charge is 0.260 e. The third-order valence-electron chi connectivity index (χ3n) is 3.43.